The summed E-state index contributed by atoms with van der Waals surface area (Å²) >= 11 is 0. The van der Waals surface area contributed by atoms with Gasteiger partial charge in [0.1, 0.15) is 0 Å². The van der Waals surface area contributed by atoms with E-state index in [2.05, 4.69) is 6.92 Å². The minimum atomic E-state index is 0.0762. The molecule has 0 aromatic rings. The Morgan fingerprint density at radius 3 is 2.60 bits per heavy atom. The van der Waals surface area contributed by atoms with E-state index in [1.807, 2.05) is 11.8 Å². The second-order valence-electron chi connectivity index (χ2n) is 4.53. The van der Waals surface area contributed by atoms with Crippen LogP contribution in [0, 0.1) is 11.8 Å². The molecule has 1 atom stereocenters. The molecule has 0 aromatic carbocycles. The highest BCUT2D eigenvalue weighted by Gasteiger charge is 2.34. The Labute approximate surface area is 92.5 Å². The quantitative estimate of drug-likeness (QED) is 0.698. The predicted octanol–water partition coefficient (Wildman–Crippen LogP) is 1.65. The zero-order valence-corrected chi connectivity index (χ0v) is 9.91. The average molecular weight is 213 g/mol. The highest BCUT2D eigenvalue weighted by Crippen LogP contribution is 2.37. The number of carbonyl (C=O) groups excluding carboxylic acids is 1. The SMILES string of the molecule is CCCCN(CCO)C(=O)C(C)C1CC1. The van der Waals surface area contributed by atoms with Gasteiger partial charge in [0, 0.05) is 19.0 Å². The van der Waals surface area contributed by atoms with Crippen LogP contribution >= 0.6 is 0 Å². The van der Waals surface area contributed by atoms with E-state index in [1.165, 1.54) is 12.8 Å². The van der Waals surface area contributed by atoms with Crippen LogP contribution in [0.4, 0.5) is 0 Å². The van der Waals surface area contributed by atoms with E-state index in [1.54, 1.807) is 0 Å². The van der Waals surface area contributed by atoms with Crippen molar-refractivity contribution in [1.29, 1.82) is 0 Å². The molecule has 0 radical (unpaired) electrons. The molecular weight excluding hydrogens is 190 g/mol. The van der Waals surface area contributed by atoms with Crippen molar-refractivity contribution in [3.63, 3.8) is 0 Å². The number of unbranched alkanes of at least 4 members (excludes halogenated alkanes) is 1. The number of aliphatic hydroxyl groups is 1. The van der Waals surface area contributed by atoms with Gasteiger partial charge in [-0.15, -0.1) is 0 Å². The van der Waals surface area contributed by atoms with Crippen molar-refractivity contribution in [1.82, 2.24) is 4.90 Å². The highest BCUT2D eigenvalue weighted by molar-refractivity contribution is 5.79. The molecule has 1 rings (SSSR count). The van der Waals surface area contributed by atoms with Crippen LogP contribution in [-0.2, 0) is 4.79 Å². The Morgan fingerprint density at radius 2 is 2.13 bits per heavy atom. The second-order valence-corrected chi connectivity index (χ2v) is 4.53. The van der Waals surface area contributed by atoms with Crippen molar-refractivity contribution in [2.75, 3.05) is 19.7 Å². The maximum Gasteiger partial charge on any atom is 0.225 e. The topological polar surface area (TPSA) is 40.5 Å². The van der Waals surface area contributed by atoms with Gasteiger partial charge >= 0.3 is 0 Å². The molecule has 1 N–H and O–H groups in total. The summed E-state index contributed by atoms with van der Waals surface area (Å²) in [6, 6.07) is 0. The lowest BCUT2D eigenvalue weighted by Gasteiger charge is -2.25. The Balaban J connectivity index is 2.41. The van der Waals surface area contributed by atoms with Crippen LogP contribution in [0.2, 0.25) is 0 Å². The molecule has 0 heterocycles. The van der Waals surface area contributed by atoms with E-state index in [4.69, 9.17) is 5.11 Å². The summed E-state index contributed by atoms with van der Waals surface area (Å²) in [5, 5.41) is 8.93. The normalized spacial score (nSPS) is 17.5. The van der Waals surface area contributed by atoms with Gasteiger partial charge in [0.15, 0.2) is 0 Å². The van der Waals surface area contributed by atoms with E-state index in [-0.39, 0.29) is 18.4 Å². The lowest BCUT2D eigenvalue weighted by atomic mass is 10.0. The van der Waals surface area contributed by atoms with E-state index < -0.39 is 0 Å². The average Bonchev–Trinajstić information content (AvgIpc) is 3.05. The molecule has 0 aromatic heterocycles. The third-order valence-electron chi connectivity index (χ3n) is 3.18. The molecule has 1 unspecified atom stereocenters. The minimum absolute atomic E-state index is 0.0762. The summed E-state index contributed by atoms with van der Waals surface area (Å²) in [6.07, 6.45) is 4.53. The molecule has 3 nitrogen and oxygen atoms in total. The first-order chi connectivity index (χ1) is 7.20. The largest absolute Gasteiger partial charge is 0.395 e. The van der Waals surface area contributed by atoms with Gasteiger partial charge in [-0.25, -0.2) is 0 Å². The lowest BCUT2D eigenvalue weighted by Crippen LogP contribution is -2.38. The lowest BCUT2D eigenvalue weighted by molar-refractivity contribution is -0.136. The molecule has 0 saturated heterocycles. The second kappa shape index (κ2) is 6.11. The molecule has 0 bridgehead atoms. The van der Waals surface area contributed by atoms with Crippen LogP contribution in [0.3, 0.4) is 0 Å². The molecule has 1 saturated carbocycles. The Morgan fingerprint density at radius 1 is 1.47 bits per heavy atom. The summed E-state index contributed by atoms with van der Waals surface area (Å²) in [4.78, 5) is 13.9. The number of carbonyl (C=O) groups is 1. The number of rotatable bonds is 7. The molecule has 1 aliphatic rings. The van der Waals surface area contributed by atoms with Crippen LogP contribution in [0.5, 0.6) is 0 Å². The van der Waals surface area contributed by atoms with Crippen LogP contribution in [0.25, 0.3) is 0 Å². The monoisotopic (exact) mass is 213 g/mol. The third-order valence-corrected chi connectivity index (χ3v) is 3.18. The zero-order valence-electron chi connectivity index (χ0n) is 9.91. The van der Waals surface area contributed by atoms with Crippen molar-refractivity contribution in [2.24, 2.45) is 11.8 Å². The number of hydrogen-bond donors (Lipinski definition) is 1. The summed E-state index contributed by atoms with van der Waals surface area (Å²) < 4.78 is 0. The van der Waals surface area contributed by atoms with Crippen LogP contribution < -0.4 is 0 Å². The maximum absolute atomic E-state index is 12.0. The van der Waals surface area contributed by atoms with Gasteiger partial charge in [-0.2, -0.15) is 0 Å². The summed E-state index contributed by atoms with van der Waals surface area (Å²) in [7, 11) is 0. The fourth-order valence-electron chi connectivity index (χ4n) is 1.89. The van der Waals surface area contributed by atoms with Crippen molar-refractivity contribution >= 4 is 5.91 Å². The fourth-order valence-corrected chi connectivity index (χ4v) is 1.89. The Hall–Kier alpha value is -0.570. The molecular formula is C12H23NO2. The number of hydrogen-bond acceptors (Lipinski definition) is 2. The highest BCUT2D eigenvalue weighted by atomic mass is 16.3. The van der Waals surface area contributed by atoms with Crippen molar-refractivity contribution in [2.45, 2.75) is 39.5 Å². The number of amides is 1. The molecule has 0 aliphatic heterocycles. The Bertz CT molecular complexity index is 202. The van der Waals surface area contributed by atoms with Gasteiger partial charge in [0.25, 0.3) is 0 Å². The first-order valence-electron chi connectivity index (χ1n) is 6.10. The van der Waals surface area contributed by atoms with Crippen molar-refractivity contribution < 1.29 is 9.90 Å². The molecule has 15 heavy (non-hydrogen) atoms. The molecule has 88 valence electrons. The third kappa shape index (κ3) is 3.82. The molecule has 0 spiro atoms. The molecule has 1 fully saturated rings. The standard InChI is InChI=1S/C12H23NO2/c1-3-4-7-13(8-9-14)12(15)10(2)11-5-6-11/h10-11,14H,3-9H2,1-2H3. The fraction of sp³-hybridized carbons (Fsp3) is 0.917. The van der Waals surface area contributed by atoms with Crippen LogP contribution in [0.15, 0.2) is 0 Å². The Kier molecular flexibility index (Phi) is 5.09. The zero-order chi connectivity index (χ0) is 11.3. The first kappa shape index (κ1) is 12.5. The van der Waals surface area contributed by atoms with Gasteiger partial charge in [-0.3, -0.25) is 4.79 Å². The van der Waals surface area contributed by atoms with E-state index in [9.17, 15) is 4.79 Å². The van der Waals surface area contributed by atoms with Gasteiger partial charge < -0.3 is 10.0 Å². The first-order valence-corrected chi connectivity index (χ1v) is 6.10. The van der Waals surface area contributed by atoms with Gasteiger partial charge in [0.2, 0.25) is 5.91 Å². The molecule has 3 heteroatoms. The van der Waals surface area contributed by atoms with Gasteiger partial charge in [-0.1, -0.05) is 20.3 Å². The van der Waals surface area contributed by atoms with Crippen molar-refractivity contribution in [3.8, 4) is 0 Å². The minimum Gasteiger partial charge on any atom is -0.395 e. The molecule has 1 amide bonds. The van der Waals surface area contributed by atoms with Crippen LogP contribution in [-0.4, -0.2) is 35.6 Å². The van der Waals surface area contributed by atoms with Gasteiger partial charge in [0.05, 0.1) is 6.61 Å². The number of nitrogens with zero attached hydrogens (tertiary/aromatic N) is 1. The summed E-state index contributed by atoms with van der Waals surface area (Å²) in [6.45, 7) is 5.51. The smallest absolute Gasteiger partial charge is 0.225 e. The van der Waals surface area contributed by atoms with E-state index in [0.717, 1.165) is 19.4 Å². The summed E-state index contributed by atoms with van der Waals surface area (Å²) in [5.41, 5.74) is 0. The molecule has 1 aliphatic carbocycles. The predicted molar refractivity (Wildman–Crippen MR) is 60.5 cm³/mol. The summed E-state index contributed by atoms with van der Waals surface area (Å²) in [5.74, 6) is 1.01. The van der Waals surface area contributed by atoms with Crippen molar-refractivity contribution in [3.05, 3.63) is 0 Å². The van der Waals surface area contributed by atoms with E-state index >= 15 is 0 Å². The maximum atomic E-state index is 12.0. The van der Waals surface area contributed by atoms with Crippen LogP contribution in [0.1, 0.15) is 39.5 Å². The van der Waals surface area contributed by atoms with E-state index in [0.29, 0.717) is 12.5 Å². The van der Waals surface area contributed by atoms with Gasteiger partial charge in [-0.05, 0) is 25.2 Å². The number of aliphatic hydroxyl groups excluding tert-OH is 1.